The van der Waals surface area contributed by atoms with E-state index in [4.69, 9.17) is 21.0 Å². The maximum absolute atomic E-state index is 13.9. The summed E-state index contributed by atoms with van der Waals surface area (Å²) in [5.74, 6) is 0.915. The van der Waals surface area contributed by atoms with Crippen molar-refractivity contribution in [3.63, 3.8) is 0 Å². The Morgan fingerprint density at radius 1 is 1.05 bits per heavy atom. The van der Waals surface area contributed by atoms with Crippen molar-refractivity contribution in [2.75, 3.05) is 0 Å². The third-order valence-electron chi connectivity index (χ3n) is 7.39. The molecule has 1 aliphatic heterocycles. The number of thiazole rings is 1. The van der Waals surface area contributed by atoms with Gasteiger partial charge in [0.15, 0.2) is 4.80 Å². The van der Waals surface area contributed by atoms with E-state index < -0.39 is 4.92 Å². The van der Waals surface area contributed by atoms with Gasteiger partial charge < -0.3 is 4.42 Å². The summed E-state index contributed by atoms with van der Waals surface area (Å²) >= 11 is 11.2. The lowest BCUT2D eigenvalue weighted by molar-refractivity contribution is -0.384. The number of nitro groups is 1. The molecule has 0 saturated heterocycles. The van der Waals surface area contributed by atoms with Crippen molar-refractivity contribution < 1.29 is 9.34 Å². The van der Waals surface area contributed by atoms with E-state index in [1.807, 2.05) is 18.2 Å². The molecule has 3 heterocycles. The number of rotatable bonds is 4. The summed E-state index contributed by atoms with van der Waals surface area (Å²) in [5, 5.41) is 11.3. The summed E-state index contributed by atoms with van der Waals surface area (Å²) in [6.07, 6.45) is 3.42. The average Bonchev–Trinajstić information content (AvgIpc) is 3.56. The minimum atomic E-state index is -0.499. The molecule has 202 valence electrons. The monoisotopic (exact) mass is 643 g/mol. The molecule has 0 amide bonds. The Balaban J connectivity index is 1.36. The van der Waals surface area contributed by atoms with Crippen LogP contribution in [0.2, 0.25) is 5.02 Å². The fraction of sp³-hybridized carbons (Fsp3) is 0.0968. The molecule has 0 fully saturated rings. The number of allylic oxidation sites excluding steroid dienone is 1. The van der Waals surface area contributed by atoms with Gasteiger partial charge in [0.05, 0.1) is 26.2 Å². The number of hydrogen-bond acceptors (Lipinski definition) is 6. The largest absolute Gasteiger partial charge is 0.457 e. The predicted octanol–water partition coefficient (Wildman–Crippen LogP) is 6.90. The normalized spacial score (nSPS) is 16.1. The van der Waals surface area contributed by atoms with Gasteiger partial charge in [-0.2, -0.15) is 0 Å². The highest BCUT2D eigenvalue weighted by Gasteiger charge is 2.32. The highest BCUT2D eigenvalue weighted by Crippen LogP contribution is 2.41. The molecule has 10 heteroatoms. The lowest BCUT2D eigenvalue weighted by Gasteiger charge is -2.30. The van der Waals surface area contributed by atoms with Crippen LogP contribution < -0.4 is 14.9 Å². The lowest BCUT2D eigenvalue weighted by atomic mass is 9.83. The van der Waals surface area contributed by atoms with Crippen LogP contribution >= 0.6 is 38.9 Å². The number of halogens is 2. The van der Waals surface area contributed by atoms with E-state index in [9.17, 15) is 14.9 Å². The Labute approximate surface area is 250 Å². The maximum atomic E-state index is 13.9. The van der Waals surface area contributed by atoms with Crippen LogP contribution in [0.3, 0.4) is 0 Å². The zero-order valence-corrected chi connectivity index (χ0v) is 24.4. The van der Waals surface area contributed by atoms with Crippen LogP contribution in [0.1, 0.15) is 34.9 Å². The van der Waals surface area contributed by atoms with Gasteiger partial charge in [0.25, 0.3) is 11.2 Å². The van der Waals surface area contributed by atoms with Crippen LogP contribution in [-0.2, 0) is 6.42 Å². The van der Waals surface area contributed by atoms with Gasteiger partial charge in [0.1, 0.15) is 11.5 Å². The molecule has 0 saturated carbocycles. The fourth-order valence-corrected chi connectivity index (χ4v) is 7.00. The standard InChI is InChI=1S/C31H19BrClN3O4S/c32-19-8-5-18(6-9-19)29-24-12-7-17-3-1-2-4-22(17)28(24)34-31-35(29)30(37)27(41-31)16-21-11-14-26(40-21)23-13-10-20(36(38)39)15-25(23)33/h1-6,8-11,13-16,29H,7,12H2/b27-16+/t29-/m0/s1. The van der Waals surface area contributed by atoms with Crippen LogP contribution in [0.4, 0.5) is 5.69 Å². The molecule has 2 aromatic heterocycles. The molecular weight excluding hydrogens is 626 g/mol. The topological polar surface area (TPSA) is 90.6 Å². The summed E-state index contributed by atoms with van der Waals surface area (Å²) in [5.41, 5.74) is 5.77. The summed E-state index contributed by atoms with van der Waals surface area (Å²) < 4.78 is 9.27. The Morgan fingerprint density at radius 2 is 1.85 bits per heavy atom. The lowest BCUT2D eigenvalue weighted by Crippen LogP contribution is -2.38. The quantitative estimate of drug-likeness (QED) is 0.157. The molecule has 5 aromatic rings. The number of benzene rings is 3. The van der Waals surface area contributed by atoms with E-state index >= 15 is 0 Å². The Morgan fingerprint density at radius 3 is 2.63 bits per heavy atom. The van der Waals surface area contributed by atoms with Crippen molar-refractivity contribution in [3.8, 4) is 11.3 Å². The third-order valence-corrected chi connectivity index (χ3v) is 9.21. The number of aromatic nitrogens is 1. The summed E-state index contributed by atoms with van der Waals surface area (Å²) in [6.45, 7) is 0. The van der Waals surface area contributed by atoms with Gasteiger partial charge in [-0.05, 0) is 59.9 Å². The van der Waals surface area contributed by atoms with Gasteiger partial charge in [0, 0.05) is 33.8 Å². The first-order valence-electron chi connectivity index (χ1n) is 12.8. The first-order chi connectivity index (χ1) is 19.9. The van der Waals surface area contributed by atoms with Crippen molar-refractivity contribution >= 4 is 56.3 Å². The number of hydrogen-bond donors (Lipinski definition) is 0. The number of nitro benzene ring substituents is 1. The minimum absolute atomic E-state index is 0.0997. The van der Waals surface area contributed by atoms with Gasteiger partial charge in [0.2, 0.25) is 0 Å². The van der Waals surface area contributed by atoms with Crippen LogP contribution in [0.25, 0.3) is 23.1 Å². The van der Waals surface area contributed by atoms with Crippen LogP contribution in [0.5, 0.6) is 0 Å². The fourth-order valence-electron chi connectivity index (χ4n) is 5.49. The molecular formula is C31H19BrClN3O4S. The van der Waals surface area contributed by atoms with Gasteiger partial charge in [-0.25, -0.2) is 4.99 Å². The Hall–Kier alpha value is -4.05. The van der Waals surface area contributed by atoms with Gasteiger partial charge in [-0.15, -0.1) is 0 Å². The zero-order valence-electron chi connectivity index (χ0n) is 21.2. The highest BCUT2D eigenvalue weighted by atomic mass is 79.9. The Bertz CT molecular complexity index is 2090. The SMILES string of the molecule is O=c1/c(=C\c2ccc(-c3ccc([N+](=O)[O-])cc3Cl)o2)sc2n1[C@@H](c1ccc(Br)cc1)C1=C(N=2)c2ccccc2CC1. The predicted molar refractivity (Wildman–Crippen MR) is 163 cm³/mol. The smallest absolute Gasteiger partial charge is 0.271 e. The number of non-ortho nitro benzene ring substituents is 1. The van der Waals surface area contributed by atoms with E-state index in [0.29, 0.717) is 26.4 Å². The van der Waals surface area contributed by atoms with Crippen molar-refractivity contribution in [1.29, 1.82) is 0 Å². The minimum Gasteiger partial charge on any atom is -0.457 e. The van der Waals surface area contributed by atoms with Crippen LogP contribution in [0.15, 0.2) is 103 Å². The van der Waals surface area contributed by atoms with E-state index in [1.54, 1.807) is 28.8 Å². The molecule has 0 spiro atoms. The Kier molecular flexibility index (Phi) is 6.37. The molecule has 0 bridgehead atoms. The first kappa shape index (κ1) is 25.9. The summed E-state index contributed by atoms with van der Waals surface area (Å²) in [6, 6.07) is 23.9. The summed E-state index contributed by atoms with van der Waals surface area (Å²) in [4.78, 5) is 30.2. The van der Waals surface area contributed by atoms with Crippen molar-refractivity contribution in [2.24, 2.45) is 4.99 Å². The van der Waals surface area contributed by atoms with Gasteiger partial charge >= 0.3 is 0 Å². The van der Waals surface area contributed by atoms with E-state index in [1.165, 1.54) is 29.0 Å². The molecule has 41 heavy (non-hydrogen) atoms. The van der Waals surface area contributed by atoms with E-state index in [0.717, 1.165) is 39.7 Å². The maximum Gasteiger partial charge on any atom is 0.271 e. The average molecular weight is 645 g/mol. The second-order valence-electron chi connectivity index (χ2n) is 9.79. The second-order valence-corrected chi connectivity index (χ2v) is 12.1. The van der Waals surface area contributed by atoms with Crippen molar-refractivity contribution in [1.82, 2.24) is 4.57 Å². The van der Waals surface area contributed by atoms with Crippen molar-refractivity contribution in [3.05, 3.63) is 146 Å². The van der Waals surface area contributed by atoms with E-state index in [-0.39, 0.29) is 22.3 Å². The van der Waals surface area contributed by atoms with Gasteiger partial charge in [-0.1, -0.05) is 75.3 Å². The molecule has 7 rings (SSSR count). The molecule has 2 aliphatic rings. The van der Waals surface area contributed by atoms with Gasteiger partial charge in [-0.3, -0.25) is 19.5 Å². The molecule has 1 aliphatic carbocycles. The van der Waals surface area contributed by atoms with Crippen LogP contribution in [-0.4, -0.2) is 9.49 Å². The number of furan rings is 1. The molecule has 0 radical (unpaired) electrons. The number of aryl methyl sites for hydroxylation is 1. The third kappa shape index (κ3) is 4.50. The molecule has 3 aromatic carbocycles. The molecule has 0 N–H and O–H groups in total. The zero-order chi connectivity index (χ0) is 28.2. The molecule has 0 unspecified atom stereocenters. The van der Waals surface area contributed by atoms with Crippen molar-refractivity contribution in [2.45, 2.75) is 18.9 Å². The second kappa shape index (κ2) is 10.1. The van der Waals surface area contributed by atoms with Crippen LogP contribution in [0, 0.1) is 10.1 Å². The molecule has 7 nitrogen and oxygen atoms in total. The molecule has 1 atom stereocenters. The van der Waals surface area contributed by atoms with E-state index in [2.05, 4.69) is 46.3 Å². The number of nitrogens with zero attached hydrogens (tertiary/aromatic N) is 3. The number of fused-ring (bicyclic) bond motifs is 3. The summed E-state index contributed by atoms with van der Waals surface area (Å²) in [7, 11) is 0. The first-order valence-corrected chi connectivity index (χ1v) is 14.8. The highest BCUT2D eigenvalue weighted by molar-refractivity contribution is 9.10.